The quantitative estimate of drug-likeness (QED) is 0.796. The van der Waals surface area contributed by atoms with Crippen LogP contribution in [0.4, 0.5) is 0 Å². The van der Waals surface area contributed by atoms with Crippen molar-refractivity contribution in [1.82, 2.24) is 5.48 Å². The van der Waals surface area contributed by atoms with Crippen LogP contribution >= 0.6 is 15.9 Å². The molecule has 1 atom stereocenters. The minimum absolute atomic E-state index is 0.234. The fourth-order valence-corrected chi connectivity index (χ4v) is 1.58. The number of benzene rings is 1. The summed E-state index contributed by atoms with van der Waals surface area (Å²) in [5.74, 6) is 0. The highest BCUT2D eigenvalue weighted by atomic mass is 79.9. The molecular weight excluding hydrogens is 218 g/mol. The van der Waals surface area contributed by atoms with Crippen LogP contribution in [-0.4, -0.2) is 6.54 Å². The van der Waals surface area contributed by atoms with Crippen molar-refractivity contribution < 1.29 is 4.84 Å². The van der Waals surface area contributed by atoms with Gasteiger partial charge in [0.1, 0.15) is 6.10 Å². The largest absolute Gasteiger partial charge is 0.294 e. The molecule has 1 fully saturated rings. The van der Waals surface area contributed by atoms with E-state index in [4.69, 9.17) is 4.84 Å². The first-order valence-corrected chi connectivity index (χ1v) is 4.79. The molecule has 1 aromatic rings. The molecule has 0 bridgehead atoms. The molecule has 2 nitrogen and oxygen atoms in total. The number of nitrogens with one attached hydrogen (secondary N) is 1. The summed E-state index contributed by atoms with van der Waals surface area (Å²) >= 11 is 3.40. The van der Waals surface area contributed by atoms with Crippen molar-refractivity contribution in [3.63, 3.8) is 0 Å². The van der Waals surface area contributed by atoms with E-state index in [0.29, 0.717) is 0 Å². The van der Waals surface area contributed by atoms with Crippen molar-refractivity contribution in [2.75, 3.05) is 6.54 Å². The van der Waals surface area contributed by atoms with Crippen LogP contribution in [0.5, 0.6) is 0 Å². The molecule has 0 saturated carbocycles. The van der Waals surface area contributed by atoms with Gasteiger partial charge in [-0.15, -0.1) is 0 Å². The van der Waals surface area contributed by atoms with Crippen LogP contribution in [0.3, 0.4) is 0 Å². The zero-order chi connectivity index (χ0) is 8.39. The second-order valence-electron chi connectivity index (χ2n) is 2.84. The summed E-state index contributed by atoms with van der Waals surface area (Å²) in [4.78, 5) is 5.31. The molecule has 0 aromatic heterocycles. The molecule has 1 heterocycles. The highest BCUT2D eigenvalue weighted by Crippen LogP contribution is 2.24. The predicted molar refractivity (Wildman–Crippen MR) is 50.6 cm³/mol. The van der Waals surface area contributed by atoms with E-state index in [9.17, 15) is 0 Å². The summed E-state index contributed by atoms with van der Waals surface area (Å²) in [6.45, 7) is 0.945. The Kier molecular flexibility index (Phi) is 2.44. The van der Waals surface area contributed by atoms with Crippen LogP contribution in [0.1, 0.15) is 18.1 Å². The first-order chi connectivity index (χ1) is 5.86. The Balaban J connectivity index is 2.17. The number of halogens is 1. The molecule has 1 unspecified atom stereocenters. The Hall–Kier alpha value is -0.380. The lowest BCUT2D eigenvalue weighted by atomic mass is 10.1. The van der Waals surface area contributed by atoms with Gasteiger partial charge in [0.15, 0.2) is 0 Å². The summed E-state index contributed by atoms with van der Waals surface area (Å²) in [5.41, 5.74) is 4.11. The molecule has 0 aliphatic carbocycles. The second kappa shape index (κ2) is 3.56. The topological polar surface area (TPSA) is 21.3 Å². The van der Waals surface area contributed by atoms with Gasteiger partial charge in [0.2, 0.25) is 0 Å². The summed E-state index contributed by atoms with van der Waals surface area (Å²) in [5, 5.41) is 0. The highest BCUT2D eigenvalue weighted by molar-refractivity contribution is 9.10. The summed E-state index contributed by atoms with van der Waals surface area (Å²) in [7, 11) is 0. The maximum Gasteiger partial charge on any atom is 0.105 e. The second-order valence-corrected chi connectivity index (χ2v) is 3.76. The molecule has 1 saturated heterocycles. The lowest BCUT2D eigenvalue weighted by molar-refractivity contribution is 0.0336. The van der Waals surface area contributed by atoms with E-state index in [-0.39, 0.29) is 6.10 Å². The third kappa shape index (κ3) is 1.68. The number of hydrogen-bond donors (Lipinski definition) is 1. The standard InChI is InChI=1S/C9H10BrNO/c10-8-3-1-7(2-4-8)9-5-6-11-12-9/h1-4,9,11H,5-6H2. The smallest absolute Gasteiger partial charge is 0.105 e. The Morgan fingerprint density at radius 3 is 2.67 bits per heavy atom. The molecule has 1 N–H and O–H groups in total. The fourth-order valence-electron chi connectivity index (χ4n) is 1.32. The predicted octanol–water partition coefficient (Wildman–Crippen LogP) is 2.42. The molecule has 0 amide bonds. The summed E-state index contributed by atoms with van der Waals surface area (Å²) in [6, 6.07) is 8.25. The van der Waals surface area contributed by atoms with Crippen LogP contribution in [0, 0.1) is 0 Å². The Morgan fingerprint density at radius 2 is 2.08 bits per heavy atom. The van der Waals surface area contributed by atoms with E-state index < -0.39 is 0 Å². The minimum Gasteiger partial charge on any atom is -0.294 e. The Morgan fingerprint density at radius 1 is 1.33 bits per heavy atom. The molecule has 1 aromatic carbocycles. The van der Waals surface area contributed by atoms with Gasteiger partial charge < -0.3 is 0 Å². The van der Waals surface area contributed by atoms with Crippen LogP contribution in [-0.2, 0) is 4.84 Å². The van der Waals surface area contributed by atoms with Crippen molar-refractivity contribution in [3.8, 4) is 0 Å². The van der Waals surface area contributed by atoms with Gasteiger partial charge >= 0.3 is 0 Å². The number of rotatable bonds is 1. The summed E-state index contributed by atoms with van der Waals surface area (Å²) < 4.78 is 1.11. The molecule has 1 aliphatic rings. The molecular formula is C9H10BrNO. The first kappa shape index (κ1) is 8.23. The molecule has 3 heteroatoms. The summed E-state index contributed by atoms with van der Waals surface area (Å²) in [6.07, 6.45) is 1.29. The van der Waals surface area contributed by atoms with Gasteiger partial charge in [-0.25, -0.2) is 5.48 Å². The fraction of sp³-hybridized carbons (Fsp3) is 0.333. The molecule has 64 valence electrons. The number of hydroxylamine groups is 1. The molecule has 1 aliphatic heterocycles. The molecule has 0 radical (unpaired) electrons. The molecule has 0 spiro atoms. The first-order valence-electron chi connectivity index (χ1n) is 4.00. The van der Waals surface area contributed by atoms with E-state index in [0.717, 1.165) is 17.4 Å². The van der Waals surface area contributed by atoms with Gasteiger partial charge in [-0.1, -0.05) is 28.1 Å². The van der Waals surface area contributed by atoms with Crippen LogP contribution in [0.2, 0.25) is 0 Å². The van der Waals surface area contributed by atoms with E-state index in [1.165, 1.54) is 5.56 Å². The lowest BCUT2D eigenvalue weighted by Gasteiger charge is -2.07. The highest BCUT2D eigenvalue weighted by Gasteiger charge is 2.16. The minimum atomic E-state index is 0.234. The van der Waals surface area contributed by atoms with Crippen LogP contribution in [0.25, 0.3) is 0 Å². The van der Waals surface area contributed by atoms with E-state index >= 15 is 0 Å². The normalized spacial score (nSPS) is 22.9. The average Bonchev–Trinajstić information content (AvgIpc) is 2.58. The monoisotopic (exact) mass is 227 g/mol. The third-order valence-electron chi connectivity index (χ3n) is 1.98. The van der Waals surface area contributed by atoms with Crippen LogP contribution < -0.4 is 5.48 Å². The zero-order valence-electron chi connectivity index (χ0n) is 6.59. The van der Waals surface area contributed by atoms with Crippen LogP contribution in [0.15, 0.2) is 28.7 Å². The third-order valence-corrected chi connectivity index (χ3v) is 2.50. The van der Waals surface area contributed by atoms with Gasteiger partial charge in [-0.3, -0.25) is 4.84 Å². The van der Waals surface area contributed by atoms with Gasteiger partial charge in [0, 0.05) is 11.0 Å². The van der Waals surface area contributed by atoms with Crippen molar-refractivity contribution in [3.05, 3.63) is 34.3 Å². The van der Waals surface area contributed by atoms with Crippen molar-refractivity contribution in [2.24, 2.45) is 0 Å². The van der Waals surface area contributed by atoms with E-state index in [2.05, 4.69) is 33.5 Å². The van der Waals surface area contributed by atoms with E-state index in [1.807, 2.05) is 12.1 Å². The average molecular weight is 228 g/mol. The SMILES string of the molecule is Brc1ccc(C2CCNO2)cc1. The van der Waals surface area contributed by atoms with Crippen molar-refractivity contribution in [2.45, 2.75) is 12.5 Å². The van der Waals surface area contributed by atoms with E-state index in [1.54, 1.807) is 0 Å². The van der Waals surface area contributed by atoms with Gasteiger partial charge in [-0.05, 0) is 24.1 Å². The van der Waals surface area contributed by atoms with Crippen molar-refractivity contribution in [1.29, 1.82) is 0 Å². The zero-order valence-corrected chi connectivity index (χ0v) is 8.17. The molecule has 2 rings (SSSR count). The number of hydrogen-bond acceptors (Lipinski definition) is 2. The van der Waals surface area contributed by atoms with Gasteiger partial charge in [0.05, 0.1) is 0 Å². The maximum atomic E-state index is 5.31. The Labute approximate surface area is 80.0 Å². The Bertz CT molecular complexity index is 254. The van der Waals surface area contributed by atoms with Crippen molar-refractivity contribution >= 4 is 15.9 Å². The van der Waals surface area contributed by atoms with Gasteiger partial charge in [-0.2, -0.15) is 0 Å². The van der Waals surface area contributed by atoms with Gasteiger partial charge in [0.25, 0.3) is 0 Å². The lowest BCUT2D eigenvalue weighted by Crippen LogP contribution is -2.04. The molecule has 12 heavy (non-hydrogen) atoms. The maximum absolute atomic E-state index is 5.31.